The van der Waals surface area contributed by atoms with Gasteiger partial charge in [0.15, 0.2) is 5.78 Å². The van der Waals surface area contributed by atoms with Crippen molar-refractivity contribution in [2.75, 3.05) is 0 Å². The Balaban J connectivity index is 3.77. The highest BCUT2D eigenvalue weighted by molar-refractivity contribution is 7.67. The zero-order valence-corrected chi connectivity index (χ0v) is 5.50. The Hall–Kier alpha value is -0.460. The molecule has 0 aliphatic carbocycles. The third-order valence-corrected chi connectivity index (χ3v) is 0.906. The SMILES string of the molecule is CC(=O)C(O)O[SH](=O)=O. The average molecular weight is 154 g/mol. The molecule has 0 spiro atoms. The van der Waals surface area contributed by atoms with E-state index in [1.165, 1.54) is 0 Å². The maximum absolute atomic E-state index is 10.0. The van der Waals surface area contributed by atoms with Crippen LogP contribution < -0.4 is 0 Å². The smallest absolute Gasteiger partial charge is 0.260 e. The molecule has 9 heavy (non-hydrogen) atoms. The monoisotopic (exact) mass is 154 g/mol. The van der Waals surface area contributed by atoms with Crippen molar-refractivity contribution < 1.29 is 22.5 Å². The van der Waals surface area contributed by atoms with Crippen LogP contribution in [0, 0.1) is 0 Å². The van der Waals surface area contributed by atoms with Gasteiger partial charge in [0, 0.05) is 0 Å². The second-order valence-electron chi connectivity index (χ2n) is 1.29. The number of rotatable bonds is 3. The van der Waals surface area contributed by atoms with Crippen molar-refractivity contribution in [2.24, 2.45) is 0 Å². The number of hydrogen-bond acceptors (Lipinski definition) is 5. The molecule has 0 saturated carbocycles. The van der Waals surface area contributed by atoms with Gasteiger partial charge in [-0.2, -0.15) is 0 Å². The van der Waals surface area contributed by atoms with Crippen LogP contribution in [-0.2, 0) is 20.0 Å². The van der Waals surface area contributed by atoms with Crippen molar-refractivity contribution in [1.82, 2.24) is 0 Å². The molecule has 1 N–H and O–H groups in total. The molecule has 0 aromatic rings. The van der Waals surface area contributed by atoms with Gasteiger partial charge in [-0.25, -0.2) is 12.6 Å². The molecule has 0 aromatic heterocycles. The molecule has 0 aromatic carbocycles. The van der Waals surface area contributed by atoms with Crippen LogP contribution in [0.1, 0.15) is 6.92 Å². The third-order valence-electron chi connectivity index (χ3n) is 0.534. The molecule has 0 fully saturated rings. The number of ketones is 1. The number of aliphatic hydroxyl groups is 1. The fourth-order valence-corrected chi connectivity index (χ4v) is 0.467. The molecule has 54 valence electrons. The molecule has 0 bridgehead atoms. The number of hydrogen-bond donors (Lipinski definition) is 2. The summed E-state index contributed by atoms with van der Waals surface area (Å²) in [5.74, 6) is -0.741. The van der Waals surface area contributed by atoms with Crippen LogP contribution in [0.15, 0.2) is 0 Å². The largest absolute Gasteiger partial charge is 0.361 e. The molecule has 0 rings (SSSR count). The molecular weight excluding hydrogens is 148 g/mol. The van der Waals surface area contributed by atoms with E-state index >= 15 is 0 Å². The fraction of sp³-hybridized carbons (Fsp3) is 0.667. The highest BCUT2D eigenvalue weighted by Crippen LogP contribution is 1.86. The Kier molecular flexibility index (Phi) is 3.36. The Morgan fingerprint density at radius 3 is 2.22 bits per heavy atom. The van der Waals surface area contributed by atoms with Gasteiger partial charge in [-0.3, -0.25) is 4.79 Å². The molecule has 1 unspecified atom stereocenters. The summed E-state index contributed by atoms with van der Waals surface area (Å²) in [7, 11) is -3.14. The van der Waals surface area contributed by atoms with E-state index in [1.807, 2.05) is 0 Å². The molecule has 0 aliphatic rings. The summed E-state index contributed by atoms with van der Waals surface area (Å²) in [4.78, 5) is 10.0. The lowest BCUT2D eigenvalue weighted by Crippen LogP contribution is -2.19. The molecular formula is C3H6O5S. The third kappa shape index (κ3) is 4.07. The summed E-state index contributed by atoms with van der Waals surface area (Å²) < 4.78 is 22.9. The standard InChI is InChI=1S/C3H6O5S/c1-2(4)3(5)8-9(6)7/h3,5,9H,1H3. The van der Waals surface area contributed by atoms with Crippen molar-refractivity contribution in [1.29, 1.82) is 0 Å². The van der Waals surface area contributed by atoms with Crippen molar-refractivity contribution in [3.63, 3.8) is 0 Å². The van der Waals surface area contributed by atoms with Gasteiger partial charge in [0.05, 0.1) is 0 Å². The van der Waals surface area contributed by atoms with Crippen LogP contribution in [0.25, 0.3) is 0 Å². The first-order valence-electron chi connectivity index (χ1n) is 2.03. The summed E-state index contributed by atoms with van der Waals surface area (Å²) in [5, 5.41) is 8.34. The van der Waals surface area contributed by atoms with Gasteiger partial charge in [-0.1, -0.05) is 0 Å². The van der Waals surface area contributed by atoms with Gasteiger partial charge in [0.1, 0.15) is 0 Å². The topological polar surface area (TPSA) is 80.7 Å². The van der Waals surface area contributed by atoms with E-state index in [1.54, 1.807) is 0 Å². The lowest BCUT2D eigenvalue weighted by Gasteiger charge is -1.98. The molecule has 0 amide bonds. The molecule has 5 nitrogen and oxygen atoms in total. The van der Waals surface area contributed by atoms with Crippen molar-refractivity contribution in [2.45, 2.75) is 13.2 Å². The quantitative estimate of drug-likeness (QED) is 0.379. The first kappa shape index (κ1) is 8.54. The van der Waals surface area contributed by atoms with Crippen molar-refractivity contribution in [3.05, 3.63) is 0 Å². The summed E-state index contributed by atoms with van der Waals surface area (Å²) in [6.45, 7) is 1.02. The second-order valence-corrected chi connectivity index (χ2v) is 1.95. The van der Waals surface area contributed by atoms with Crippen molar-refractivity contribution in [3.8, 4) is 0 Å². The van der Waals surface area contributed by atoms with Crippen LogP contribution in [0.5, 0.6) is 0 Å². The summed E-state index contributed by atoms with van der Waals surface area (Å²) in [6, 6.07) is 0. The van der Waals surface area contributed by atoms with Crippen molar-refractivity contribution >= 4 is 16.8 Å². The molecule has 0 aliphatic heterocycles. The highest BCUT2D eigenvalue weighted by atomic mass is 32.2. The Labute approximate surface area is 53.4 Å². The Morgan fingerprint density at radius 2 is 2.11 bits per heavy atom. The number of aliphatic hydroxyl groups excluding tert-OH is 1. The van der Waals surface area contributed by atoms with Crippen LogP contribution in [0.2, 0.25) is 0 Å². The van der Waals surface area contributed by atoms with Crippen LogP contribution in [0.3, 0.4) is 0 Å². The van der Waals surface area contributed by atoms with E-state index in [-0.39, 0.29) is 0 Å². The van der Waals surface area contributed by atoms with E-state index in [4.69, 9.17) is 5.11 Å². The minimum absolute atomic E-state index is 0.741. The fourth-order valence-electron chi connectivity index (χ4n) is 0.156. The van der Waals surface area contributed by atoms with Gasteiger partial charge >= 0.3 is 0 Å². The lowest BCUT2D eigenvalue weighted by molar-refractivity contribution is -0.137. The number of Topliss-reactive ketones (excluding diaryl/α,β-unsaturated/α-hetero) is 1. The predicted octanol–water partition coefficient (Wildman–Crippen LogP) is -1.56. The van der Waals surface area contributed by atoms with E-state index in [0.717, 1.165) is 6.92 Å². The normalized spacial score (nSPS) is 13.7. The minimum Gasteiger partial charge on any atom is -0.361 e. The van der Waals surface area contributed by atoms with E-state index in [0.29, 0.717) is 0 Å². The van der Waals surface area contributed by atoms with Gasteiger partial charge < -0.3 is 5.11 Å². The number of carbonyl (C=O) groups is 1. The van der Waals surface area contributed by atoms with E-state index in [9.17, 15) is 13.2 Å². The van der Waals surface area contributed by atoms with Gasteiger partial charge in [0.2, 0.25) is 6.29 Å². The van der Waals surface area contributed by atoms with Crippen LogP contribution >= 0.6 is 0 Å². The molecule has 0 saturated heterocycles. The Bertz CT molecular complexity index is 163. The van der Waals surface area contributed by atoms with Gasteiger partial charge in [-0.15, -0.1) is 0 Å². The maximum Gasteiger partial charge on any atom is 0.260 e. The Morgan fingerprint density at radius 1 is 1.67 bits per heavy atom. The second kappa shape index (κ2) is 3.54. The molecule has 0 heterocycles. The average Bonchev–Trinajstić information content (AvgIpc) is 1.63. The van der Waals surface area contributed by atoms with Crippen LogP contribution in [-0.4, -0.2) is 25.6 Å². The van der Waals surface area contributed by atoms with E-state index in [2.05, 4.69) is 4.18 Å². The first-order chi connectivity index (χ1) is 4.04. The highest BCUT2D eigenvalue weighted by Gasteiger charge is 2.09. The first-order valence-corrected chi connectivity index (χ1v) is 3.13. The predicted molar refractivity (Wildman–Crippen MR) is 28.1 cm³/mol. The number of thiol groups is 1. The summed E-state index contributed by atoms with van der Waals surface area (Å²) in [6.07, 6.45) is -1.84. The van der Waals surface area contributed by atoms with Gasteiger partial charge in [0.25, 0.3) is 11.0 Å². The maximum atomic E-state index is 10.0. The number of carbonyl (C=O) groups excluding carboxylic acids is 1. The molecule has 6 heteroatoms. The van der Waals surface area contributed by atoms with Gasteiger partial charge in [-0.05, 0) is 6.92 Å². The van der Waals surface area contributed by atoms with Crippen LogP contribution in [0.4, 0.5) is 0 Å². The summed E-state index contributed by atoms with van der Waals surface area (Å²) >= 11 is 0. The summed E-state index contributed by atoms with van der Waals surface area (Å²) in [5.41, 5.74) is 0. The molecule has 1 atom stereocenters. The minimum atomic E-state index is -3.14. The zero-order valence-electron chi connectivity index (χ0n) is 4.60. The molecule has 0 radical (unpaired) electrons. The lowest BCUT2D eigenvalue weighted by atomic mass is 10.4. The zero-order chi connectivity index (χ0) is 7.44. The van der Waals surface area contributed by atoms with E-state index < -0.39 is 23.1 Å².